The van der Waals surface area contributed by atoms with Crippen molar-refractivity contribution < 1.29 is 0 Å². The maximum Gasteiger partial charge on any atom is 0.115 e. The van der Waals surface area contributed by atoms with Gasteiger partial charge < -0.3 is 9.88 Å². The molecule has 2 heterocycles. The molecule has 102 valence electrons. The summed E-state index contributed by atoms with van der Waals surface area (Å²) < 4.78 is 2.40. The molecule has 3 nitrogen and oxygen atoms in total. The predicted molar refractivity (Wildman–Crippen MR) is 79.6 cm³/mol. The zero-order chi connectivity index (χ0) is 13.5. The Bertz CT molecular complexity index is 591. The van der Waals surface area contributed by atoms with E-state index in [1.165, 1.54) is 29.7 Å². The van der Waals surface area contributed by atoms with Gasteiger partial charge >= 0.3 is 0 Å². The van der Waals surface area contributed by atoms with Crippen LogP contribution in [-0.2, 0) is 12.0 Å². The lowest BCUT2D eigenvalue weighted by molar-refractivity contribution is 0.310. The molecule has 0 radical (unpaired) electrons. The highest BCUT2D eigenvalue weighted by atomic mass is 15.1. The minimum absolute atomic E-state index is 0.216. The van der Waals surface area contributed by atoms with E-state index < -0.39 is 0 Å². The monoisotopic (exact) mass is 257 g/mol. The first-order valence-electron chi connectivity index (χ1n) is 7.32. The van der Waals surface area contributed by atoms with Gasteiger partial charge in [-0.1, -0.05) is 13.0 Å². The van der Waals surface area contributed by atoms with Crippen LogP contribution >= 0.6 is 0 Å². The molecule has 1 N–H and O–H groups in total. The number of nitrogens with zero attached hydrogens (tertiary/aromatic N) is 2. The maximum atomic E-state index is 4.97. The standard InChI is InChI=1S/C16H23N3/c1-4-19-14-6-5-12(2)11-13(14)18-15(19)16(3)7-9-17-10-8-16/h5-6,11,17H,4,7-10H2,1-3H3. The number of imidazole rings is 1. The van der Waals surface area contributed by atoms with E-state index in [0.29, 0.717) is 0 Å². The maximum absolute atomic E-state index is 4.97. The molecule has 19 heavy (non-hydrogen) atoms. The first-order chi connectivity index (χ1) is 9.14. The van der Waals surface area contributed by atoms with Crippen molar-refractivity contribution in [3.05, 3.63) is 29.6 Å². The molecule has 0 bridgehead atoms. The third-order valence-electron chi connectivity index (χ3n) is 4.47. The van der Waals surface area contributed by atoms with Gasteiger partial charge in [0.15, 0.2) is 0 Å². The molecule has 1 aliphatic rings. The lowest BCUT2D eigenvalue weighted by atomic mass is 9.80. The third-order valence-corrected chi connectivity index (χ3v) is 4.47. The Balaban J connectivity index is 2.17. The highest BCUT2D eigenvalue weighted by Crippen LogP contribution is 2.34. The van der Waals surface area contributed by atoms with Gasteiger partial charge in [-0.3, -0.25) is 0 Å². The predicted octanol–water partition coefficient (Wildman–Crippen LogP) is 3.01. The van der Waals surface area contributed by atoms with Crippen molar-refractivity contribution >= 4 is 11.0 Å². The van der Waals surface area contributed by atoms with Gasteiger partial charge in [0.05, 0.1) is 11.0 Å². The quantitative estimate of drug-likeness (QED) is 0.896. The summed E-state index contributed by atoms with van der Waals surface area (Å²) in [6, 6.07) is 6.61. The van der Waals surface area contributed by atoms with Crippen LogP contribution in [-0.4, -0.2) is 22.6 Å². The number of benzene rings is 1. The number of hydrogen-bond acceptors (Lipinski definition) is 2. The summed E-state index contributed by atoms with van der Waals surface area (Å²) in [5.74, 6) is 1.28. The second-order valence-corrected chi connectivity index (χ2v) is 5.98. The molecule has 0 aliphatic carbocycles. The lowest BCUT2D eigenvalue weighted by Gasteiger charge is -2.33. The smallest absolute Gasteiger partial charge is 0.115 e. The molecular weight excluding hydrogens is 234 g/mol. The number of fused-ring (bicyclic) bond motifs is 1. The molecule has 2 aromatic rings. The lowest BCUT2D eigenvalue weighted by Crippen LogP contribution is -2.39. The molecule has 3 heteroatoms. The van der Waals surface area contributed by atoms with E-state index in [1.807, 2.05) is 0 Å². The topological polar surface area (TPSA) is 29.9 Å². The van der Waals surface area contributed by atoms with Gasteiger partial charge in [0, 0.05) is 12.0 Å². The van der Waals surface area contributed by atoms with Crippen LogP contribution in [0.4, 0.5) is 0 Å². The SMILES string of the molecule is CCn1c(C2(C)CCNCC2)nc2cc(C)ccc21. The Morgan fingerprint density at radius 2 is 2.05 bits per heavy atom. The van der Waals surface area contributed by atoms with Crippen molar-refractivity contribution in [1.82, 2.24) is 14.9 Å². The summed E-state index contributed by atoms with van der Waals surface area (Å²) in [7, 11) is 0. The number of nitrogens with one attached hydrogen (secondary N) is 1. The minimum atomic E-state index is 0.216. The average Bonchev–Trinajstić information content (AvgIpc) is 2.78. The molecule has 0 amide bonds. The van der Waals surface area contributed by atoms with Gasteiger partial charge in [0.1, 0.15) is 5.82 Å². The van der Waals surface area contributed by atoms with E-state index in [-0.39, 0.29) is 5.41 Å². The molecular formula is C16H23N3. The Labute approximate surface area is 115 Å². The van der Waals surface area contributed by atoms with Crippen LogP contribution in [0.1, 0.15) is 38.1 Å². The zero-order valence-electron chi connectivity index (χ0n) is 12.2. The average molecular weight is 257 g/mol. The molecule has 0 spiro atoms. The second-order valence-electron chi connectivity index (χ2n) is 5.98. The van der Waals surface area contributed by atoms with E-state index in [1.54, 1.807) is 0 Å². The fourth-order valence-corrected chi connectivity index (χ4v) is 3.22. The van der Waals surface area contributed by atoms with Gasteiger partial charge in [-0.05, 0) is 57.5 Å². The van der Waals surface area contributed by atoms with Crippen molar-refractivity contribution in [2.45, 2.75) is 45.6 Å². The first kappa shape index (κ1) is 12.7. The van der Waals surface area contributed by atoms with Crippen molar-refractivity contribution in [1.29, 1.82) is 0 Å². The molecule has 1 saturated heterocycles. The zero-order valence-corrected chi connectivity index (χ0v) is 12.2. The summed E-state index contributed by atoms with van der Waals surface area (Å²) in [6.45, 7) is 9.92. The molecule has 0 saturated carbocycles. The van der Waals surface area contributed by atoms with Gasteiger partial charge in [0.2, 0.25) is 0 Å². The van der Waals surface area contributed by atoms with Crippen molar-refractivity contribution in [2.75, 3.05) is 13.1 Å². The Morgan fingerprint density at radius 3 is 2.74 bits per heavy atom. The molecule has 0 atom stereocenters. The van der Waals surface area contributed by atoms with Crippen LogP contribution in [0.15, 0.2) is 18.2 Å². The Hall–Kier alpha value is -1.35. The number of rotatable bonds is 2. The van der Waals surface area contributed by atoms with Crippen LogP contribution in [0.2, 0.25) is 0 Å². The second kappa shape index (κ2) is 4.64. The molecule has 1 aromatic carbocycles. The number of hydrogen-bond donors (Lipinski definition) is 1. The van der Waals surface area contributed by atoms with Crippen molar-refractivity contribution in [3.8, 4) is 0 Å². The summed E-state index contributed by atoms with van der Waals surface area (Å²) >= 11 is 0. The summed E-state index contributed by atoms with van der Waals surface area (Å²) in [5, 5.41) is 3.45. The van der Waals surface area contributed by atoms with E-state index in [0.717, 1.165) is 25.2 Å². The van der Waals surface area contributed by atoms with Gasteiger partial charge in [-0.25, -0.2) is 4.98 Å². The van der Waals surface area contributed by atoms with Crippen LogP contribution in [0.3, 0.4) is 0 Å². The van der Waals surface area contributed by atoms with Crippen molar-refractivity contribution in [3.63, 3.8) is 0 Å². The number of piperidine rings is 1. The fourth-order valence-electron chi connectivity index (χ4n) is 3.22. The summed E-state index contributed by atoms with van der Waals surface area (Å²) in [6.07, 6.45) is 2.35. The van der Waals surface area contributed by atoms with E-state index >= 15 is 0 Å². The molecule has 1 aliphatic heterocycles. The minimum Gasteiger partial charge on any atom is -0.328 e. The van der Waals surface area contributed by atoms with E-state index in [4.69, 9.17) is 4.98 Å². The largest absolute Gasteiger partial charge is 0.328 e. The first-order valence-corrected chi connectivity index (χ1v) is 7.32. The third kappa shape index (κ3) is 2.06. The van der Waals surface area contributed by atoms with Crippen LogP contribution in [0, 0.1) is 6.92 Å². The Kier molecular flexibility index (Phi) is 3.09. The summed E-state index contributed by atoms with van der Waals surface area (Å²) in [5.41, 5.74) is 3.93. The highest BCUT2D eigenvalue weighted by Gasteiger charge is 2.33. The molecule has 3 rings (SSSR count). The fraction of sp³-hybridized carbons (Fsp3) is 0.562. The van der Waals surface area contributed by atoms with Crippen LogP contribution in [0.5, 0.6) is 0 Å². The normalized spacial score (nSPS) is 18.9. The van der Waals surface area contributed by atoms with Gasteiger partial charge in [-0.2, -0.15) is 0 Å². The van der Waals surface area contributed by atoms with Crippen molar-refractivity contribution in [2.24, 2.45) is 0 Å². The number of aromatic nitrogens is 2. The summed E-state index contributed by atoms with van der Waals surface area (Å²) in [4.78, 5) is 4.97. The molecule has 1 aromatic heterocycles. The molecule has 0 unspecified atom stereocenters. The number of aryl methyl sites for hydroxylation is 2. The van der Waals surface area contributed by atoms with Crippen LogP contribution < -0.4 is 5.32 Å². The van der Waals surface area contributed by atoms with E-state index in [2.05, 4.69) is 48.9 Å². The highest BCUT2D eigenvalue weighted by molar-refractivity contribution is 5.77. The van der Waals surface area contributed by atoms with Gasteiger partial charge in [0.25, 0.3) is 0 Å². The Morgan fingerprint density at radius 1 is 1.32 bits per heavy atom. The molecule has 1 fully saturated rings. The van der Waals surface area contributed by atoms with E-state index in [9.17, 15) is 0 Å². The van der Waals surface area contributed by atoms with Crippen LogP contribution in [0.25, 0.3) is 11.0 Å². The van der Waals surface area contributed by atoms with Gasteiger partial charge in [-0.15, -0.1) is 0 Å².